The number of aromatic nitrogens is 5. The standard InChI is InChI=1S/C29H28F3N7O3/c1-6-22(40)36-10-11-37(16(4)13-36)27-18-12-21(32)26(23-19(30)8-7-9-20(23)31)39(42)28(18)38(29(41)35-27)25-17(5)33-14-34-24(25)15(2)3/h6-9,12,14-16H,1,10-11,13H2,2-5H3/t16-/m0/s1. The molecule has 3 aromatic heterocycles. The zero-order valence-corrected chi connectivity index (χ0v) is 23.4. The van der Waals surface area contributed by atoms with Crippen molar-refractivity contribution in [2.75, 3.05) is 24.5 Å². The van der Waals surface area contributed by atoms with Crippen LogP contribution < -0.4 is 15.3 Å². The van der Waals surface area contributed by atoms with Crippen LogP contribution in [0.2, 0.25) is 0 Å². The molecule has 1 aliphatic heterocycles. The van der Waals surface area contributed by atoms with Gasteiger partial charge in [-0.15, -0.1) is 4.57 Å². The van der Waals surface area contributed by atoms with Gasteiger partial charge in [0.2, 0.25) is 5.91 Å². The Bertz CT molecular complexity index is 1790. The number of halogens is 3. The molecule has 0 unspecified atom stereocenters. The molecule has 4 heterocycles. The number of hydrogen-bond acceptors (Lipinski definition) is 7. The van der Waals surface area contributed by atoms with Crippen LogP contribution in [0.15, 0.2) is 48.0 Å². The van der Waals surface area contributed by atoms with Crippen molar-refractivity contribution in [1.29, 1.82) is 0 Å². The first-order chi connectivity index (χ1) is 20.0. The molecular weight excluding hydrogens is 551 g/mol. The van der Waals surface area contributed by atoms with Crippen LogP contribution >= 0.6 is 0 Å². The first-order valence-electron chi connectivity index (χ1n) is 13.3. The van der Waals surface area contributed by atoms with Crippen LogP contribution in [-0.4, -0.2) is 56.0 Å². The Labute approximate surface area is 239 Å². The fraction of sp³-hybridized carbons (Fsp3) is 0.310. The van der Waals surface area contributed by atoms with Crippen LogP contribution in [0.3, 0.4) is 0 Å². The minimum Gasteiger partial charge on any atom is -0.710 e. The lowest BCUT2D eigenvalue weighted by Crippen LogP contribution is -2.54. The van der Waals surface area contributed by atoms with Crippen LogP contribution in [0.25, 0.3) is 28.0 Å². The Morgan fingerprint density at radius 3 is 2.48 bits per heavy atom. The molecule has 0 N–H and O–H groups in total. The second-order valence-electron chi connectivity index (χ2n) is 10.4. The van der Waals surface area contributed by atoms with Crippen molar-refractivity contribution < 1.29 is 22.7 Å². The number of carbonyl (C=O) groups is 1. The predicted octanol–water partition coefficient (Wildman–Crippen LogP) is 3.55. The van der Waals surface area contributed by atoms with Crippen molar-refractivity contribution >= 4 is 22.8 Å². The maximum Gasteiger partial charge on any atom is 0.442 e. The molecule has 1 amide bonds. The maximum absolute atomic E-state index is 15.8. The second kappa shape index (κ2) is 10.9. The SMILES string of the molecule is C=CC(=O)N1CCN(c2nc(=O)n(-c3c(C)ncnc3C(C)C)c3c2cc(F)c(-c2c(F)cccc2F)[n+]3[O-])[C@@H](C)C1. The van der Waals surface area contributed by atoms with E-state index >= 15 is 4.39 Å². The number of rotatable bonds is 5. The van der Waals surface area contributed by atoms with Gasteiger partial charge < -0.3 is 15.0 Å². The number of amides is 1. The molecule has 0 aliphatic carbocycles. The van der Waals surface area contributed by atoms with Crippen LogP contribution in [-0.2, 0) is 4.79 Å². The van der Waals surface area contributed by atoms with Crippen molar-refractivity contribution in [3.63, 3.8) is 0 Å². The number of benzene rings is 1. The summed E-state index contributed by atoms with van der Waals surface area (Å²) in [5, 5.41) is 14.0. The van der Waals surface area contributed by atoms with Gasteiger partial charge in [-0.2, -0.15) is 4.98 Å². The number of hydrogen-bond donors (Lipinski definition) is 0. The molecule has 1 atom stereocenters. The molecule has 1 saturated heterocycles. The van der Waals surface area contributed by atoms with E-state index in [4.69, 9.17) is 0 Å². The Hall–Kier alpha value is -4.81. The summed E-state index contributed by atoms with van der Waals surface area (Å²) in [5.74, 6) is -4.03. The third-order valence-corrected chi connectivity index (χ3v) is 7.37. The van der Waals surface area contributed by atoms with Crippen LogP contribution in [0.1, 0.15) is 38.1 Å². The second-order valence-corrected chi connectivity index (χ2v) is 10.4. The van der Waals surface area contributed by atoms with Gasteiger partial charge in [0.05, 0.1) is 17.0 Å². The van der Waals surface area contributed by atoms with E-state index in [1.807, 2.05) is 13.8 Å². The lowest BCUT2D eigenvalue weighted by molar-refractivity contribution is -0.569. The van der Waals surface area contributed by atoms with Gasteiger partial charge in [0.1, 0.15) is 23.3 Å². The van der Waals surface area contributed by atoms with Gasteiger partial charge in [0, 0.05) is 25.7 Å². The summed E-state index contributed by atoms with van der Waals surface area (Å²) in [7, 11) is 0. The third kappa shape index (κ3) is 4.64. The van der Waals surface area contributed by atoms with Crippen molar-refractivity contribution in [3.8, 4) is 16.9 Å². The lowest BCUT2D eigenvalue weighted by atomic mass is 10.1. The first-order valence-corrected chi connectivity index (χ1v) is 13.3. The normalized spacial score (nSPS) is 15.5. The number of carbonyl (C=O) groups excluding carboxylic acids is 1. The average molecular weight is 580 g/mol. The third-order valence-electron chi connectivity index (χ3n) is 7.37. The van der Waals surface area contributed by atoms with E-state index in [1.165, 1.54) is 12.4 Å². The highest BCUT2D eigenvalue weighted by Crippen LogP contribution is 2.33. The molecular formula is C29H28F3N7O3. The number of piperazine rings is 1. The molecule has 218 valence electrons. The fourth-order valence-electron chi connectivity index (χ4n) is 5.39. The van der Waals surface area contributed by atoms with Gasteiger partial charge in [-0.05, 0) is 44.0 Å². The van der Waals surface area contributed by atoms with Gasteiger partial charge in [-0.3, -0.25) is 4.79 Å². The fourth-order valence-corrected chi connectivity index (χ4v) is 5.39. The molecule has 13 heteroatoms. The lowest BCUT2D eigenvalue weighted by Gasteiger charge is -2.40. The minimum atomic E-state index is -1.21. The van der Waals surface area contributed by atoms with Gasteiger partial charge in [0.15, 0.2) is 23.0 Å². The molecule has 42 heavy (non-hydrogen) atoms. The zero-order chi connectivity index (χ0) is 30.5. The van der Waals surface area contributed by atoms with E-state index < -0.39 is 46.1 Å². The van der Waals surface area contributed by atoms with Gasteiger partial charge in [-0.1, -0.05) is 26.5 Å². The maximum atomic E-state index is 15.8. The molecule has 1 fully saturated rings. The zero-order valence-electron chi connectivity index (χ0n) is 23.4. The monoisotopic (exact) mass is 579 g/mol. The van der Waals surface area contributed by atoms with Gasteiger partial charge in [-0.25, -0.2) is 32.7 Å². The van der Waals surface area contributed by atoms with E-state index in [2.05, 4.69) is 21.5 Å². The van der Waals surface area contributed by atoms with Crippen molar-refractivity contribution in [2.45, 2.75) is 39.7 Å². The van der Waals surface area contributed by atoms with Gasteiger partial charge >= 0.3 is 11.3 Å². The Morgan fingerprint density at radius 2 is 1.86 bits per heavy atom. The smallest absolute Gasteiger partial charge is 0.442 e. The minimum absolute atomic E-state index is 0.00546. The summed E-state index contributed by atoms with van der Waals surface area (Å²) in [6, 6.07) is 3.47. The molecule has 4 aromatic rings. The quantitative estimate of drug-likeness (QED) is 0.202. The highest BCUT2D eigenvalue weighted by atomic mass is 19.1. The van der Waals surface area contributed by atoms with E-state index in [0.717, 1.165) is 28.8 Å². The van der Waals surface area contributed by atoms with Crippen LogP contribution in [0, 0.1) is 29.6 Å². The van der Waals surface area contributed by atoms with E-state index in [1.54, 1.807) is 23.6 Å². The summed E-state index contributed by atoms with van der Waals surface area (Å²) in [4.78, 5) is 42.2. The first kappa shape index (κ1) is 28.7. The molecule has 0 saturated carbocycles. The van der Waals surface area contributed by atoms with Crippen molar-refractivity contribution in [2.24, 2.45) is 0 Å². The molecule has 0 radical (unpaired) electrons. The summed E-state index contributed by atoms with van der Waals surface area (Å²) >= 11 is 0. The molecule has 5 rings (SSSR count). The summed E-state index contributed by atoms with van der Waals surface area (Å²) in [5.41, 5.74) is -2.20. The molecule has 1 aliphatic rings. The summed E-state index contributed by atoms with van der Waals surface area (Å²) < 4.78 is 46.6. The van der Waals surface area contributed by atoms with Crippen molar-refractivity contribution in [1.82, 2.24) is 24.4 Å². The average Bonchev–Trinajstić information content (AvgIpc) is 2.94. The Balaban J connectivity index is 1.88. The summed E-state index contributed by atoms with van der Waals surface area (Å²) in [6.45, 7) is 11.3. The topological polar surface area (TPSA) is 111 Å². The molecule has 0 spiro atoms. The number of fused-ring (bicyclic) bond motifs is 1. The predicted molar refractivity (Wildman–Crippen MR) is 150 cm³/mol. The number of anilines is 1. The molecule has 0 bridgehead atoms. The Morgan fingerprint density at radius 1 is 1.17 bits per heavy atom. The van der Waals surface area contributed by atoms with E-state index in [0.29, 0.717) is 11.4 Å². The van der Waals surface area contributed by atoms with Gasteiger partial charge in [0.25, 0.3) is 0 Å². The molecule has 1 aromatic carbocycles. The van der Waals surface area contributed by atoms with E-state index in [9.17, 15) is 23.6 Å². The highest BCUT2D eigenvalue weighted by Gasteiger charge is 2.35. The number of aryl methyl sites for hydroxylation is 1. The van der Waals surface area contributed by atoms with E-state index in [-0.39, 0.29) is 53.1 Å². The Kier molecular flexibility index (Phi) is 7.43. The van der Waals surface area contributed by atoms with Crippen LogP contribution in [0.4, 0.5) is 19.0 Å². The highest BCUT2D eigenvalue weighted by molar-refractivity contribution is 5.89. The number of nitrogens with zero attached hydrogens (tertiary/aromatic N) is 7. The van der Waals surface area contributed by atoms with Crippen LogP contribution in [0.5, 0.6) is 0 Å². The number of pyridine rings is 1. The summed E-state index contributed by atoms with van der Waals surface area (Å²) in [6.07, 6.45) is 2.52. The largest absolute Gasteiger partial charge is 0.710 e. The van der Waals surface area contributed by atoms with Crippen molar-refractivity contribution in [3.05, 3.63) is 87.8 Å². The molecule has 10 nitrogen and oxygen atoms in total.